The molecule has 3 amide bonds. The van der Waals surface area contributed by atoms with Gasteiger partial charge in [-0.25, -0.2) is 13.6 Å². The summed E-state index contributed by atoms with van der Waals surface area (Å²) in [5.41, 5.74) is 3.39. The van der Waals surface area contributed by atoms with Crippen LogP contribution in [0.2, 0.25) is 0 Å². The van der Waals surface area contributed by atoms with Crippen LogP contribution < -0.4 is 15.5 Å². The second-order valence-electron chi connectivity index (χ2n) is 7.41. The largest absolute Gasteiger partial charge is 0.331 e. The van der Waals surface area contributed by atoms with Gasteiger partial charge in [-0.3, -0.25) is 4.79 Å². The second-order valence-corrected chi connectivity index (χ2v) is 7.41. The number of nitrogens with zero attached hydrogens (tertiary/aromatic N) is 1. The van der Waals surface area contributed by atoms with Crippen molar-refractivity contribution < 1.29 is 18.4 Å². The maximum Gasteiger partial charge on any atom is 0.319 e. The number of fused-ring (bicyclic) bond motifs is 1. The van der Waals surface area contributed by atoms with Crippen LogP contribution in [-0.2, 0) is 6.42 Å². The molecule has 5 nitrogen and oxygen atoms in total. The molecule has 7 heteroatoms. The van der Waals surface area contributed by atoms with Crippen molar-refractivity contribution in [2.45, 2.75) is 19.4 Å². The summed E-state index contributed by atoms with van der Waals surface area (Å²) in [5.74, 6) is -2.05. The predicted octanol–water partition coefficient (Wildman–Crippen LogP) is 5.05. The first-order chi connectivity index (χ1) is 14.9. The van der Waals surface area contributed by atoms with E-state index in [1.165, 1.54) is 6.07 Å². The molecule has 1 atom stereocenters. The zero-order chi connectivity index (χ0) is 22.0. The number of hydrogen-bond acceptors (Lipinski definition) is 2. The molecule has 3 aromatic rings. The van der Waals surface area contributed by atoms with E-state index in [1.807, 2.05) is 24.3 Å². The molecule has 1 aliphatic rings. The standard InChI is InChI=1S/C24H21F2N3O2/c1-15(17-9-10-20(25)21(26)14-17)27-24(31)28-19-7-4-6-18(13-19)23(30)29-12-11-16-5-2-3-8-22(16)29/h2-10,13-15H,11-12H2,1H3,(H2,27,28,31). The van der Waals surface area contributed by atoms with Gasteiger partial charge in [0.1, 0.15) is 0 Å². The van der Waals surface area contributed by atoms with Gasteiger partial charge in [0.2, 0.25) is 0 Å². The molecular formula is C24H21F2N3O2. The van der Waals surface area contributed by atoms with Gasteiger partial charge in [0.25, 0.3) is 5.91 Å². The quantitative estimate of drug-likeness (QED) is 0.619. The normalized spacial score (nSPS) is 13.5. The van der Waals surface area contributed by atoms with Crippen LogP contribution in [0.3, 0.4) is 0 Å². The van der Waals surface area contributed by atoms with Crippen molar-refractivity contribution in [3.8, 4) is 0 Å². The first-order valence-corrected chi connectivity index (χ1v) is 9.94. The molecule has 2 N–H and O–H groups in total. The molecule has 158 valence electrons. The average Bonchev–Trinajstić information content (AvgIpc) is 3.19. The average molecular weight is 421 g/mol. The number of carbonyl (C=O) groups is 2. The summed E-state index contributed by atoms with van der Waals surface area (Å²) in [7, 11) is 0. The molecule has 0 bridgehead atoms. The van der Waals surface area contributed by atoms with Gasteiger partial charge in [-0.2, -0.15) is 0 Å². The number of para-hydroxylation sites is 1. The van der Waals surface area contributed by atoms with E-state index in [1.54, 1.807) is 36.1 Å². The Kier molecular flexibility index (Phi) is 5.66. The smallest absolute Gasteiger partial charge is 0.319 e. The summed E-state index contributed by atoms with van der Waals surface area (Å²) in [6, 6.07) is 16.9. The number of amides is 3. The lowest BCUT2D eigenvalue weighted by atomic mass is 10.1. The summed E-state index contributed by atoms with van der Waals surface area (Å²) >= 11 is 0. The minimum Gasteiger partial charge on any atom is -0.331 e. The zero-order valence-electron chi connectivity index (χ0n) is 16.9. The molecule has 0 saturated carbocycles. The van der Waals surface area contributed by atoms with Crippen molar-refractivity contribution >= 4 is 23.3 Å². The van der Waals surface area contributed by atoms with Crippen molar-refractivity contribution in [2.24, 2.45) is 0 Å². The molecule has 0 spiro atoms. The molecule has 1 aliphatic heterocycles. The molecule has 0 radical (unpaired) electrons. The number of anilines is 2. The third-order valence-electron chi connectivity index (χ3n) is 5.29. The van der Waals surface area contributed by atoms with Crippen molar-refractivity contribution in [1.82, 2.24) is 5.32 Å². The van der Waals surface area contributed by atoms with Crippen molar-refractivity contribution in [2.75, 3.05) is 16.8 Å². The second kappa shape index (κ2) is 8.55. The van der Waals surface area contributed by atoms with Gasteiger partial charge in [0.15, 0.2) is 11.6 Å². The van der Waals surface area contributed by atoms with Crippen LogP contribution in [-0.4, -0.2) is 18.5 Å². The molecule has 4 rings (SSSR count). The van der Waals surface area contributed by atoms with Crippen LogP contribution in [0.5, 0.6) is 0 Å². The lowest BCUT2D eigenvalue weighted by Crippen LogP contribution is -2.31. The number of benzene rings is 3. The molecule has 31 heavy (non-hydrogen) atoms. The molecule has 0 aliphatic carbocycles. The highest BCUT2D eigenvalue weighted by atomic mass is 19.2. The molecule has 0 saturated heterocycles. The van der Waals surface area contributed by atoms with E-state index in [0.29, 0.717) is 23.4 Å². The van der Waals surface area contributed by atoms with Crippen LogP contribution in [0.25, 0.3) is 0 Å². The lowest BCUT2D eigenvalue weighted by molar-refractivity contribution is 0.0989. The Morgan fingerprint density at radius 3 is 2.58 bits per heavy atom. The fraction of sp³-hybridized carbons (Fsp3) is 0.167. The third kappa shape index (κ3) is 4.40. The zero-order valence-corrected chi connectivity index (χ0v) is 16.9. The summed E-state index contributed by atoms with van der Waals surface area (Å²) in [6.07, 6.45) is 0.810. The summed E-state index contributed by atoms with van der Waals surface area (Å²) in [5, 5.41) is 5.36. The van der Waals surface area contributed by atoms with E-state index in [0.717, 1.165) is 29.8 Å². The lowest BCUT2D eigenvalue weighted by Gasteiger charge is -2.18. The first-order valence-electron chi connectivity index (χ1n) is 9.94. The predicted molar refractivity (Wildman–Crippen MR) is 115 cm³/mol. The molecule has 0 fully saturated rings. The summed E-state index contributed by atoms with van der Waals surface area (Å²) in [4.78, 5) is 27.1. The van der Waals surface area contributed by atoms with Crippen LogP contribution in [0, 0.1) is 11.6 Å². The Morgan fingerprint density at radius 2 is 1.77 bits per heavy atom. The molecule has 0 aromatic heterocycles. The van der Waals surface area contributed by atoms with Gasteiger partial charge < -0.3 is 15.5 Å². The topological polar surface area (TPSA) is 61.4 Å². The SMILES string of the molecule is CC(NC(=O)Nc1cccc(C(=O)N2CCc3ccccc32)c1)c1ccc(F)c(F)c1. The maximum absolute atomic E-state index is 13.4. The van der Waals surface area contributed by atoms with Gasteiger partial charge >= 0.3 is 6.03 Å². The van der Waals surface area contributed by atoms with Gasteiger partial charge in [-0.1, -0.05) is 30.3 Å². The monoisotopic (exact) mass is 421 g/mol. The Labute approximate surface area is 178 Å². The Balaban J connectivity index is 1.43. The van der Waals surface area contributed by atoms with E-state index in [4.69, 9.17) is 0 Å². The highest BCUT2D eigenvalue weighted by molar-refractivity contribution is 6.08. The summed E-state index contributed by atoms with van der Waals surface area (Å²) < 4.78 is 26.5. The minimum absolute atomic E-state index is 0.135. The van der Waals surface area contributed by atoms with E-state index < -0.39 is 23.7 Å². The number of nitrogens with one attached hydrogen (secondary N) is 2. The number of halogens is 2. The van der Waals surface area contributed by atoms with Crippen molar-refractivity contribution in [3.05, 3.63) is 95.1 Å². The first kappa shape index (κ1) is 20.5. The van der Waals surface area contributed by atoms with Crippen LogP contribution in [0.15, 0.2) is 66.7 Å². The fourth-order valence-electron chi connectivity index (χ4n) is 3.66. The number of rotatable bonds is 4. The van der Waals surface area contributed by atoms with Gasteiger partial charge in [-0.15, -0.1) is 0 Å². The van der Waals surface area contributed by atoms with E-state index in [9.17, 15) is 18.4 Å². The Morgan fingerprint density at radius 1 is 0.968 bits per heavy atom. The van der Waals surface area contributed by atoms with Crippen LogP contribution in [0.4, 0.5) is 25.0 Å². The summed E-state index contributed by atoms with van der Waals surface area (Å²) in [6.45, 7) is 2.28. The van der Waals surface area contributed by atoms with Gasteiger partial charge in [-0.05, 0) is 60.9 Å². The number of carbonyl (C=O) groups excluding carboxylic acids is 2. The van der Waals surface area contributed by atoms with Crippen LogP contribution >= 0.6 is 0 Å². The van der Waals surface area contributed by atoms with Crippen molar-refractivity contribution in [3.63, 3.8) is 0 Å². The van der Waals surface area contributed by atoms with Gasteiger partial charge in [0.05, 0.1) is 6.04 Å². The molecular weight excluding hydrogens is 400 g/mol. The number of urea groups is 1. The maximum atomic E-state index is 13.4. The van der Waals surface area contributed by atoms with E-state index in [2.05, 4.69) is 10.6 Å². The van der Waals surface area contributed by atoms with Crippen molar-refractivity contribution in [1.29, 1.82) is 0 Å². The third-order valence-corrected chi connectivity index (χ3v) is 5.29. The highest BCUT2D eigenvalue weighted by Gasteiger charge is 2.25. The Hall–Kier alpha value is -3.74. The van der Waals surface area contributed by atoms with Gasteiger partial charge in [0, 0.05) is 23.5 Å². The highest BCUT2D eigenvalue weighted by Crippen LogP contribution is 2.29. The Bertz CT molecular complexity index is 1150. The van der Waals surface area contributed by atoms with Crippen LogP contribution in [0.1, 0.15) is 34.5 Å². The molecule has 1 heterocycles. The van der Waals surface area contributed by atoms with E-state index >= 15 is 0 Å². The molecule has 3 aromatic carbocycles. The minimum atomic E-state index is -0.971. The molecule has 1 unspecified atom stereocenters. The fourth-order valence-corrected chi connectivity index (χ4v) is 3.66. The van der Waals surface area contributed by atoms with E-state index in [-0.39, 0.29) is 5.91 Å². The number of hydrogen-bond donors (Lipinski definition) is 2.